The van der Waals surface area contributed by atoms with E-state index in [-0.39, 0.29) is 5.03 Å². The molecule has 88 valence electrons. The Labute approximate surface area is 102 Å². The molecule has 16 heavy (non-hydrogen) atoms. The molecule has 0 aromatic carbocycles. The summed E-state index contributed by atoms with van der Waals surface area (Å²) < 4.78 is 24.7. The first-order valence-electron chi connectivity index (χ1n) is 4.78. The molecule has 0 spiro atoms. The van der Waals surface area contributed by atoms with Gasteiger partial charge < -0.3 is 0 Å². The van der Waals surface area contributed by atoms with Crippen molar-refractivity contribution in [3.63, 3.8) is 0 Å². The van der Waals surface area contributed by atoms with Gasteiger partial charge in [-0.3, -0.25) is 4.40 Å². The van der Waals surface area contributed by atoms with E-state index in [1.165, 1.54) is 11.3 Å². The van der Waals surface area contributed by atoms with Gasteiger partial charge in [0.15, 0.2) is 9.99 Å². The number of hydrogen-bond donors (Lipinski definition) is 0. The van der Waals surface area contributed by atoms with Gasteiger partial charge in [0.2, 0.25) is 0 Å². The molecular weight excluding hydrogens is 268 g/mol. The first-order chi connectivity index (χ1) is 7.36. The molecule has 0 radical (unpaired) electrons. The minimum Gasteiger partial charge on any atom is -0.276 e. The lowest BCUT2D eigenvalue weighted by molar-refractivity contribution is 0.603. The predicted molar refractivity (Wildman–Crippen MR) is 65.0 cm³/mol. The molecule has 2 rings (SSSR count). The van der Waals surface area contributed by atoms with E-state index in [2.05, 4.69) is 4.98 Å². The molecule has 0 bridgehead atoms. The fourth-order valence-electron chi connectivity index (χ4n) is 1.84. The van der Waals surface area contributed by atoms with Crippen LogP contribution in [0, 0.1) is 13.8 Å². The highest BCUT2D eigenvalue weighted by molar-refractivity contribution is 8.13. The molecule has 0 aliphatic rings. The highest BCUT2D eigenvalue weighted by Gasteiger charge is 2.24. The Hall–Kier alpha value is -0.590. The predicted octanol–water partition coefficient (Wildman–Crippen LogP) is 2.50. The number of thiazole rings is 1. The molecule has 0 unspecified atom stereocenters. The lowest BCUT2D eigenvalue weighted by Crippen LogP contribution is -2.01. The molecule has 0 atom stereocenters. The third kappa shape index (κ3) is 1.65. The van der Waals surface area contributed by atoms with Crippen LogP contribution in [0.3, 0.4) is 0 Å². The molecule has 2 aromatic heterocycles. The quantitative estimate of drug-likeness (QED) is 0.793. The van der Waals surface area contributed by atoms with E-state index in [0.717, 1.165) is 17.0 Å². The Kier molecular flexibility index (Phi) is 2.76. The van der Waals surface area contributed by atoms with E-state index >= 15 is 0 Å². The van der Waals surface area contributed by atoms with Crippen LogP contribution in [-0.2, 0) is 15.5 Å². The second-order valence-corrected chi connectivity index (χ2v) is 7.18. The van der Waals surface area contributed by atoms with Gasteiger partial charge >= 0.3 is 0 Å². The van der Waals surface area contributed by atoms with E-state index in [0.29, 0.717) is 10.7 Å². The van der Waals surface area contributed by atoms with Crippen molar-refractivity contribution >= 4 is 36.0 Å². The molecule has 0 amide bonds. The van der Waals surface area contributed by atoms with Gasteiger partial charge in [-0.15, -0.1) is 11.3 Å². The number of aryl methyl sites for hydroxylation is 3. The number of rotatable bonds is 2. The smallest absolute Gasteiger partial charge is 0.276 e. The zero-order chi connectivity index (χ0) is 12.1. The van der Waals surface area contributed by atoms with Gasteiger partial charge in [0.05, 0.1) is 5.69 Å². The van der Waals surface area contributed by atoms with E-state index < -0.39 is 9.05 Å². The van der Waals surface area contributed by atoms with Crippen LogP contribution in [0.1, 0.15) is 23.2 Å². The molecule has 0 aliphatic carbocycles. The number of halogens is 1. The zero-order valence-corrected chi connectivity index (χ0v) is 11.5. The summed E-state index contributed by atoms with van der Waals surface area (Å²) in [7, 11) is 1.68. The van der Waals surface area contributed by atoms with Gasteiger partial charge in [-0.1, -0.05) is 6.92 Å². The van der Waals surface area contributed by atoms with Crippen LogP contribution in [0.15, 0.2) is 5.03 Å². The third-order valence-corrected chi connectivity index (χ3v) is 4.83. The Morgan fingerprint density at radius 2 is 2.06 bits per heavy atom. The monoisotopic (exact) mass is 278 g/mol. The van der Waals surface area contributed by atoms with E-state index in [1.807, 2.05) is 13.8 Å². The summed E-state index contributed by atoms with van der Waals surface area (Å²) in [5.74, 6) is 0. The molecule has 7 heteroatoms. The molecule has 4 nitrogen and oxygen atoms in total. The molecule has 2 aromatic rings. The summed E-state index contributed by atoms with van der Waals surface area (Å²) in [5.41, 5.74) is 1.41. The van der Waals surface area contributed by atoms with Crippen molar-refractivity contribution in [3.05, 3.63) is 16.3 Å². The van der Waals surface area contributed by atoms with Gasteiger partial charge in [0.1, 0.15) is 0 Å². The zero-order valence-electron chi connectivity index (χ0n) is 9.11. The molecule has 0 saturated carbocycles. The normalized spacial score (nSPS) is 12.5. The number of nitrogens with zero attached hydrogens (tertiary/aromatic N) is 2. The lowest BCUT2D eigenvalue weighted by Gasteiger charge is -2.01. The summed E-state index contributed by atoms with van der Waals surface area (Å²) in [6, 6.07) is 0. The average Bonchev–Trinajstić information content (AvgIpc) is 2.55. The minimum absolute atomic E-state index is 0.102. The second-order valence-electron chi connectivity index (χ2n) is 3.52. The molecule has 2 heterocycles. The van der Waals surface area contributed by atoms with Crippen LogP contribution < -0.4 is 0 Å². The van der Waals surface area contributed by atoms with Crippen LogP contribution in [-0.4, -0.2) is 17.8 Å². The van der Waals surface area contributed by atoms with Crippen LogP contribution in [0.25, 0.3) is 4.96 Å². The highest BCUT2D eigenvalue weighted by atomic mass is 35.7. The summed E-state index contributed by atoms with van der Waals surface area (Å²) in [6.07, 6.45) is 0.751. The van der Waals surface area contributed by atoms with Gasteiger partial charge in [0.25, 0.3) is 9.05 Å². The van der Waals surface area contributed by atoms with Crippen LogP contribution in [0.2, 0.25) is 0 Å². The van der Waals surface area contributed by atoms with Crippen molar-refractivity contribution in [2.75, 3.05) is 0 Å². The van der Waals surface area contributed by atoms with E-state index in [9.17, 15) is 8.42 Å². The SMILES string of the molecule is CCc1c(C)sc2nc(C)c(S(=O)(=O)Cl)n12. The van der Waals surface area contributed by atoms with E-state index in [4.69, 9.17) is 10.7 Å². The van der Waals surface area contributed by atoms with Crippen LogP contribution in [0.4, 0.5) is 0 Å². The van der Waals surface area contributed by atoms with Crippen molar-refractivity contribution in [2.24, 2.45) is 0 Å². The highest BCUT2D eigenvalue weighted by Crippen LogP contribution is 2.29. The van der Waals surface area contributed by atoms with Crippen molar-refractivity contribution in [1.82, 2.24) is 9.38 Å². The molecule has 0 aliphatic heterocycles. The summed E-state index contributed by atoms with van der Waals surface area (Å²) >= 11 is 1.48. The summed E-state index contributed by atoms with van der Waals surface area (Å²) in [5, 5.41) is 0.102. The Bertz CT molecular complexity index is 655. The van der Waals surface area contributed by atoms with E-state index in [1.54, 1.807) is 11.3 Å². The van der Waals surface area contributed by atoms with Gasteiger partial charge in [-0.05, 0) is 20.3 Å². The second kappa shape index (κ2) is 3.72. The molecule has 0 saturated heterocycles. The van der Waals surface area contributed by atoms with Gasteiger partial charge in [-0.25, -0.2) is 13.4 Å². The van der Waals surface area contributed by atoms with Crippen LogP contribution in [0.5, 0.6) is 0 Å². The molecule has 0 N–H and O–H groups in total. The summed E-state index contributed by atoms with van der Waals surface area (Å²) in [4.78, 5) is 5.99. The fraction of sp³-hybridized carbons (Fsp3) is 0.444. The average molecular weight is 279 g/mol. The maximum absolute atomic E-state index is 11.5. The molecular formula is C9H11ClN2O2S2. The minimum atomic E-state index is -3.76. The largest absolute Gasteiger partial charge is 0.279 e. The van der Waals surface area contributed by atoms with Crippen molar-refractivity contribution in [1.29, 1.82) is 0 Å². The van der Waals surface area contributed by atoms with Crippen molar-refractivity contribution < 1.29 is 8.42 Å². The summed E-state index contributed by atoms with van der Waals surface area (Å²) in [6.45, 7) is 5.59. The Balaban J connectivity index is 2.97. The van der Waals surface area contributed by atoms with Gasteiger partial charge in [0, 0.05) is 21.3 Å². The Morgan fingerprint density at radius 3 is 2.56 bits per heavy atom. The fourth-order valence-corrected chi connectivity index (χ4v) is 4.36. The van der Waals surface area contributed by atoms with Crippen molar-refractivity contribution in [3.8, 4) is 0 Å². The van der Waals surface area contributed by atoms with Crippen molar-refractivity contribution in [2.45, 2.75) is 32.2 Å². The number of aromatic nitrogens is 2. The van der Waals surface area contributed by atoms with Crippen LogP contribution >= 0.6 is 22.0 Å². The number of imidazole rings is 1. The first kappa shape index (κ1) is 11.9. The molecule has 0 fully saturated rings. The number of fused-ring (bicyclic) bond motifs is 1. The maximum atomic E-state index is 11.5. The topological polar surface area (TPSA) is 51.4 Å². The maximum Gasteiger partial charge on any atom is 0.279 e. The standard InChI is InChI=1S/C9H11ClN2O2S2/c1-4-7-6(3)15-9-11-5(2)8(12(7)9)16(10,13)14/h4H2,1-3H3. The Morgan fingerprint density at radius 1 is 1.44 bits per heavy atom. The lowest BCUT2D eigenvalue weighted by atomic mass is 10.3. The number of hydrogen-bond acceptors (Lipinski definition) is 4. The third-order valence-electron chi connectivity index (χ3n) is 2.45. The van der Waals surface area contributed by atoms with Gasteiger partial charge in [-0.2, -0.15) is 0 Å². The first-order valence-corrected chi connectivity index (χ1v) is 7.90.